The first-order valence-corrected chi connectivity index (χ1v) is 4.78. The molecule has 0 aromatic carbocycles. The van der Waals surface area contributed by atoms with Gasteiger partial charge in [0.25, 0.3) is 5.91 Å². The molecule has 1 aromatic rings. The molecule has 0 fully saturated rings. The highest BCUT2D eigenvalue weighted by Crippen LogP contribution is 2.08. The number of carboxylic acid groups (broad SMARTS) is 1. The van der Waals surface area contributed by atoms with Crippen molar-refractivity contribution in [1.29, 1.82) is 0 Å². The first-order valence-electron chi connectivity index (χ1n) is 4.78. The SMILES string of the molecule is O=C(O)c1cc2n(n1)CCCCNC2=O. The first kappa shape index (κ1) is 9.70. The normalized spacial score (nSPS) is 16.1. The summed E-state index contributed by atoms with van der Waals surface area (Å²) in [5.41, 5.74) is 0.245. The topological polar surface area (TPSA) is 84.2 Å². The lowest BCUT2D eigenvalue weighted by atomic mass is 10.2. The van der Waals surface area contributed by atoms with E-state index in [2.05, 4.69) is 10.4 Å². The number of carbonyl (C=O) groups is 2. The molecule has 0 saturated carbocycles. The van der Waals surface area contributed by atoms with E-state index in [0.29, 0.717) is 18.8 Å². The monoisotopic (exact) mass is 209 g/mol. The van der Waals surface area contributed by atoms with Crippen LogP contribution in [0.15, 0.2) is 6.07 Å². The third kappa shape index (κ3) is 1.83. The number of aromatic nitrogens is 2. The highest BCUT2D eigenvalue weighted by atomic mass is 16.4. The number of carboxylic acids is 1. The van der Waals surface area contributed by atoms with Crippen LogP contribution < -0.4 is 5.32 Å². The summed E-state index contributed by atoms with van der Waals surface area (Å²) in [6.07, 6.45) is 1.77. The quantitative estimate of drug-likeness (QED) is 0.687. The van der Waals surface area contributed by atoms with E-state index in [-0.39, 0.29) is 11.6 Å². The summed E-state index contributed by atoms with van der Waals surface area (Å²) in [7, 11) is 0. The molecule has 80 valence electrons. The number of carbonyl (C=O) groups excluding carboxylic acids is 1. The van der Waals surface area contributed by atoms with Gasteiger partial charge in [0.05, 0.1) is 0 Å². The molecule has 1 aromatic heterocycles. The van der Waals surface area contributed by atoms with Gasteiger partial charge in [-0.1, -0.05) is 0 Å². The van der Waals surface area contributed by atoms with Crippen LogP contribution in [0.3, 0.4) is 0 Å². The van der Waals surface area contributed by atoms with Crippen LogP contribution >= 0.6 is 0 Å². The average Bonchev–Trinajstić information content (AvgIpc) is 2.58. The van der Waals surface area contributed by atoms with Gasteiger partial charge in [0, 0.05) is 19.2 Å². The Morgan fingerprint density at radius 3 is 3.07 bits per heavy atom. The van der Waals surface area contributed by atoms with E-state index in [0.717, 1.165) is 12.8 Å². The lowest BCUT2D eigenvalue weighted by molar-refractivity contribution is 0.0689. The minimum absolute atomic E-state index is 0.0814. The van der Waals surface area contributed by atoms with E-state index in [1.165, 1.54) is 10.7 Å². The third-order valence-electron chi connectivity index (χ3n) is 2.31. The zero-order valence-corrected chi connectivity index (χ0v) is 8.06. The van der Waals surface area contributed by atoms with Crippen molar-refractivity contribution in [2.24, 2.45) is 0 Å². The summed E-state index contributed by atoms with van der Waals surface area (Å²) in [5.74, 6) is -1.36. The fraction of sp³-hybridized carbons (Fsp3) is 0.444. The van der Waals surface area contributed by atoms with Gasteiger partial charge in [-0.05, 0) is 12.8 Å². The molecule has 0 aliphatic carbocycles. The molecule has 1 aliphatic rings. The molecule has 2 rings (SSSR count). The van der Waals surface area contributed by atoms with E-state index in [1.807, 2.05) is 0 Å². The number of fused-ring (bicyclic) bond motifs is 1. The van der Waals surface area contributed by atoms with E-state index in [9.17, 15) is 9.59 Å². The Balaban J connectivity index is 2.39. The molecule has 0 unspecified atom stereocenters. The smallest absolute Gasteiger partial charge is 0.356 e. The molecular formula is C9H11N3O3. The van der Waals surface area contributed by atoms with Crippen molar-refractivity contribution >= 4 is 11.9 Å². The van der Waals surface area contributed by atoms with Crippen LogP contribution in [0.2, 0.25) is 0 Å². The molecule has 1 amide bonds. The van der Waals surface area contributed by atoms with Gasteiger partial charge in [-0.15, -0.1) is 0 Å². The highest BCUT2D eigenvalue weighted by Gasteiger charge is 2.19. The Morgan fingerprint density at radius 1 is 1.53 bits per heavy atom. The van der Waals surface area contributed by atoms with Crippen LogP contribution in [0, 0.1) is 0 Å². The molecule has 15 heavy (non-hydrogen) atoms. The van der Waals surface area contributed by atoms with Crippen LogP contribution in [-0.4, -0.2) is 33.3 Å². The van der Waals surface area contributed by atoms with Crippen LogP contribution in [0.4, 0.5) is 0 Å². The van der Waals surface area contributed by atoms with Crippen molar-refractivity contribution in [3.8, 4) is 0 Å². The number of amides is 1. The zero-order valence-electron chi connectivity index (χ0n) is 8.06. The summed E-state index contributed by atoms with van der Waals surface area (Å²) >= 11 is 0. The first-order chi connectivity index (χ1) is 7.18. The number of aromatic carboxylic acids is 1. The number of aryl methyl sites for hydroxylation is 1. The van der Waals surface area contributed by atoms with Crippen molar-refractivity contribution in [2.45, 2.75) is 19.4 Å². The minimum Gasteiger partial charge on any atom is -0.476 e. The standard InChI is InChI=1S/C9H11N3O3/c13-8-7-5-6(9(14)15)11-12(7)4-2-1-3-10-8/h5H,1-4H2,(H,10,13)(H,14,15). The van der Waals surface area contributed by atoms with Gasteiger partial charge in [-0.25, -0.2) is 4.79 Å². The zero-order chi connectivity index (χ0) is 10.8. The van der Waals surface area contributed by atoms with E-state index < -0.39 is 5.97 Å². The molecule has 1 aliphatic heterocycles. The van der Waals surface area contributed by atoms with Gasteiger partial charge in [0.1, 0.15) is 5.69 Å². The maximum absolute atomic E-state index is 11.5. The van der Waals surface area contributed by atoms with Gasteiger partial charge in [-0.3, -0.25) is 9.48 Å². The van der Waals surface area contributed by atoms with Gasteiger partial charge < -0.3 is 10.4 Å². The van der Waals surface area contributed by atoms with E-state index in [4.69, 9.17) is 5.11 Å². The maximum Gasteiger partial charge on any atom is 0.356 e. The number of nitrogens with zero attached hydrogens (tertiary/aromatic N) is 2. The average molecular weight is 209 g/mol. The molecule has 2 heterocycles. The largest absolute Gasteiger partial charge is 0.476 e. The number of hydrogen-bond acceptors (Lipinski definition) is 3. The van der Waals surface area contributed by atoms with Gasteiger partial charge in [0.15, 0.2) is 5.69 Å². The summed E-state index contributed by atoms with van der Waals surface area (Å²) in [5, 5.41) is 15.3. The van der Waals surface area contributed by atoms with E-state index in [1.54, 1.807) is 0 Å². The van der Waals surface area contributed by atoms with E-state index >= 15 is 0 Å². The molecule has 2 N–H and O–H groups in total. The van der Waals surface area contributed by atoms with Crippen molar-refractivity contribution in [3.05, 3.63) is 17.5 Å². The van der Waals surface area contributed by atoms with Gasteiger partial charge >= 0.3 is 5.97 Å². The van der Waals surface area contributed by atoms with Crippen LogP contribution in [-0.2, 0) is 6.54 Å². The predicted molar refractivity (Wildman–Crippen MR) is 50.8 cm³/mol. The summed E-state index contributed by atoms with van der Waals surface area (Å²) in [6, 6.07) is 1.31. The molecule has 6 heteroatoms. The number of nitrogens with one attached hydrogen (secondary N) is 1. The Morgan fingerprint density at radius 2 is 2.33 bits per heavy atom. The van der Waals surface area contributed by atoms with Crippen LogP contribution in [0.25, 0.3) is 0 Å². The lowest BCUT2D eigenvalue weighted by Gasteiger charge is -2.11. The number of rotatable bonds is 1. The predicted octanol–water partition coefficient (Wildman–Crippen LogP) is 0.105. The summed E-state index contributed by atoms with van der Waals surface area (Å²) in [6.45, 7) is 1.22. The maximum atomic E-state index is 11.5. The molecule has 6 nitrogen and oxygen atoms in total. The molecule has 0 saturated heterocycles. The molecule has 0 spiro atoms. The minimum atomic E-state index is -1.11. The Kier molecular flexibility index (Phi) is 2.40. The molecule has 0 atom stereocenters. The second-order valence-corrected chi connectivity index (χ2v) is 3.41. The molecule has 0 radical (unpaired) electrons. The van der Waals surface area contributed by atoms with Crippen molar-refractivity contribution in [3.63, 3.8) is 0 Å². The molecule has 0 bridgehead atoms. The highest BCUT2D eigenvalue weighted by molar-refractivity contribution is 5.95. The Hall–Kier alpha value is -1.85. The summed E-state index contributed by atoms with van der Waals surface area (Å²) in [4.78, 5) is 22.2. The Labute approximate surface area is 85.9 Å². The second-order valence-electron chi connectivity index (χ2n) is 3.41. The van der Waals surface area contributed by atoms with Gasteiger partial charge in [-0.2, -0.15) is 5.10 Å². The fourth-order valence-electron chi connectivity index (χ4n) is 1.55. The van der Waals surface area contributed by atoms with Gasteiger partial charge in [0.2, 0.25) is 0 Å². The van der Waals surface area contributed by atoms with Crippen molar-refractivity contribution in [2.75, 3.05) is 6.54 Å². The fourth-order valence-corrected chi connectivity index (χ4v) is 1.55. The van der Waals surface area contributed by atoms with Crippen LogP contribution in [0.5, 0.6) is 0 Å². The van der Waals surface area contributed by atoms with Crippen LogP contribution in [0.1, 0.15) is 33.8 Å². The van der Waals surface area contributed by atoms with Crippen molar-refractivity contribution < 1.29 is 14.7 Å². The molecular weight excluding hydrogens is 198 g/mol. The second kappa shape index (κ2) is 3.72. The third-order valence-corrected chi connectivity index (χ3v) is 2.31. The summed E-state index contributed by atoms with van der Waals surface area (Å²) < 4.78 is 1.46. The number of hydrogen-bond donors (Lipinski definition) is 2. The Bertz CT molecular complexity index is 411. The van der Waals surface area contributed by atoms with Crippen molar-refractivity contribution in [1.82, 2.24) is 15.1 Å². The lowest BCUT2D eigenvalue weighted by Crippen LogP contribution is -2.29.